The molecule has 0 atom stereocenters. The summed E-state index contributed by atoms with van der Waals surface area (Å²) in [6, 6.07) is 17.2. The van der Waals surface area contributed by atoms with E-state index in [1.807, 2.05) is 36.4 Å². The Morgan fingerprint density at radius 3 is 2.56 bits per heavy atom. The predicted molar refractivity (Wildman–Crippen MR) is 118 cm³/mol. The molecule has 2 aromatic rings. The van der Waals surface area contributed by atoms with Crippen molar-refractivity contribution in [1.82, 2.24) is 16.0 Å². The second-order valence-corrected chi connectivity index (χ2v) is 5.69. The molecule has 0 radical (unpaired) electrons. The number of guanidine groups is 1. The highest BCUT2D eigenvalue weighted by Gasteiger charge is 2.04. The zero-order valence-electron chi connectivity index (χ0n) is 15.5. The van der Waals surface area contributed by atoms with Gasteiger partial charge < -0.3 is 16.0 Å². The molecule has 0 aliphatic carbocycles. The minimum absolute atomic E-state index is 0. The fourth-order valence-electron chi connectivity index (χ4n) is 2.49. The summed E-state index contributed by atoms with van der Waals surface area (Å²) in [6.45, 7) is 1.27. The number of halogens is 1. The van der Waals surface area contributed by atoms with Gasteiger partial charge in [-0.2, -0.15) is 5.26 Å². The van der Waals surface area contributed by atoms with Gasteiger partial charge in [-0.3, -0.25) is 9.79 Å². The van der Waals surface area contributed by atoms with Crippen molar-refractivity contribution in [2.75, 3.05) is 20.6 Å². The lowest BCUT2D eigenvalue weighted by molar-refractivity contribution is 0.0963. The number of nitrogens with zero attached hydrogens (tertiary/aromatic N) is 2. The highest BCUT2D eigenvalue weighted by Crippen LogP contribution is 2.06. The topological polar surface area (TPSA) is 89.3 Å². The number of aliphatic imine (C=N–C) groups is 1. The molecule has 0 aromatic heterocycles. The van der Waals surface area contributed by atoms with Gasteiger partial charge in [-0.25, -0.2) is 0 Å². The van der Waals surface area contributed by atoms with Gasteiger partial charge in [-0.1, -0.05) is 24.3 Å². The molecule has 2 rings (SSSR count). The minimum atomic E-state index is -0.0862. The first-order valence-electron chi connectivity index (χ1n) is 8.41. The molecule has 0 fully saturated rings. The van der Waals surface area contributed by atoms with Crippen molar-refractivity contribution in [3.63, 3.8) is 0 Å². The summed E-state index contributed by atoms with van der Waals surface area (Å²) in [5.74, 6) is 0.603. The molecule has 0 unspecified atom stereocenters. The lowest BCUT2D eigenvalue weighted by atomic mass is 10.1. The van der Waals surface area contributed by atoms with E-state index >= 15 is 0 Å². The fourth-order valence-corrected chi connectivity index (χ4v) is 2.49. The van der Waals surface area contributed by atoms with E-state index in [0.717, 1.165) is 17.5 Å². The van der Waals surface area contributed by atoms with E-state index in [4.69, 9.17) is 5.26 Å². The van der Waals surface area contributed by atoms with Gasteiger partial charge in [0.2, 0.25) is 0 Å². The van der Waals surface area contributed by atoms with Crippen molar-refractivity contribution >= 4 is 35.8 Å². The molecule has 0 bridgehead atoms. The number of amides is 1. The van der Waals surface area contributed by atoms with Crippen LogP contribution in [0.4, 0.5) is 0 Å². The van der Waals surface area contributed by atoms with Crippen molar-refractivity contribution < 1.29 is 4.79 Å². The van der Waals surface area contributed by atoms with Gasteiger partial charge in [0.25, 0.3) is 5.91 Å². The average Bonchev–Trinajstić information content (AvgIpc) is 2.70. The molecule has 27 heavy (non-hydrogen) atoms. The van der Waals surface area contributed by atoms with E-state index in [1.165, 1.54) is 0 Å². The molecule has 0 saturated heterocycles. The zero-order valence-corrected chi connectivity index (χ0v) is 17.8. The van der Waals surface area contributed by atoms with Crippen molar-refractivity contribution in [2.24, 2.45) is 4.99 Å². The Hall–Kier alpha value is -2.60. The second kappa shape index (κ2) is 11.9. The summed E-state index contributed by atoms with van der Waals surface area (Å²) >= 11 is 0. The molecule has 6 nitrogen and oxygen atoms in total. The molecule has 0 aliphatic rings. The van der Waals surface area contributed by atoms with Crippen LogP contribution >= 0.6 is 24.0 Å². The van der Waals surface area contributed by atoms with Crippen LogP contribution in [0.5, 0.6) is 0 Å². The number of carbonyl (C=O) groups excluding carboxylic acids is 1. The van der Waals surface area contributed by atoms with Crippen LogP contribution < -0.4 is 16.0 Å². The highest BCUT2D eigenvalue weighted by molar-refractivity contribution is 14.0. The predicted octanol–water partition coefficient (Wildman–Crippen LogP) is 2.44. The lowest BCUT2D eigenvalue weighted by Crippen LogP contribution is -2.37. The molecular formula is C20H24IN5O. The summed E-state index contributed by atoms with van der Waals surface area (Å²) in [5, 5.41) is 18.1. The monoisotopic (exact) mass is 477 g/mol. The Bertz CT molecular complexity index is 829. The minimum Gasteiger partial charge on any atom is -0.356 e. The summed E-state index contributed by atoms with van der Waals surface area (Å²) < 4.78 is 0. The quantitative estimate of drug-likeness (QED) is 0.339. The molecule has 0 saturated carbocycles. The summed E-state index contributed by atoms with van der Waals surface area (Å²) in [7, 11) is 3.34. The van der Waals surface area contributed by atoms with Gasteiger partial charge in [-0.15, -0.1) is 24.0 Å². The SMILES string of the molecule is CN=C(NCCc1cccc(C(=O)NC)c1)NCc1cccc(C#N)c1.I. The lowest BCUT2D eigenvalue weighted by Gasteiger charge is -2.12. The molecule has 142 valence electrons. The van der Waals surface area contributed by atoms with Gasteiger partial charge in [-0.05, 0) is 41.8 Å². The number of nitrogens with one attached hydrogen (secondary N) is 3. The molecule has 0 aliphatic heterocycles. The van der Waals surface area contributed by atoms with E-state index in [2.05, 4.69) is 27.0 Å². The third kappa shape index (κ3) is 7.27. The number of hydrogen-bond acceptors (Lipinski definition) is 3. The molecule has 2 aromatic carbocycles. The molecule has 3 N–H and O–H groups in total. The number of rotatable bonds is 6. The molecule has 7 heteroatoms. The smallest absolute Gasteiger partial charge is 0.251 e. The largest absolute Gasteiger partial charge is 0.356 e. The van der Waals surface area contributed by atoms with Crippen LogP contribution in [0, 0.1) is 11.3 Å². The molecule has 0 heterocycles. The third-order valence-corrected chi connectivity index (χ3v) is 3.86. The van der Waals surface area contributed by atoms with Crippen molar-refractivity contribution in [3.05, 3.63) is 70.8 Å². The molecular weight excluding hydrogens is 453 g/mol. The first-order valence-corrected chi connectivity index (χ1v) is 8.41. The Morgan fingerprint density at radius 2 is 1.85 bits per heavy atom. The standard InChI is InChI=1S/C20H23N5O.HI/c1-22-19(26)18-8-4-5-15(12-18)9-10-24-20(23-2)25-14-17-7-3-6-16(11-17)13-21;/h3-8,11-12H,9-10,14H2,1-2H3,(H,22,26)(H2,23,24,25);1H. The maximum atomic E-state index is 11.7. The van der Waals surface area contributed by atoms with Gasteiger partial charge in [0.1, 0.15) is 0 Å². The third-order valence-electron chi connectivity index (χ3n) is 3.86. The Morgan fingerprint density at radius 1 is 1.11 bits per heavy atom. The van der Waals surface area contributed by atoms with Crippen LogP contribution in [-0.4, -0.2) is 32.5 Å². The van der Waals surface area contributed by atoms with Crippen LogP contribution in [-0.2, 0) is 13.0 Å². The van der Waals surface area contributed by atoms with Crippen LogP contribution in [0.15, 0.2) is 53.5 Å². The first kappa shape index (κ1) is 22.4. The maximum absolute atomic E-state index is 11.7. The summed E-state index contributed by atoms with van der Waals surface area (Å²) in [4.78, 5) is 15.9. The van der Waals surface area contributed by atoms with Gasteiger partial charge in [0.05, 0.1) is 11.6 Å². The van der Waals surface area contributed by atoms with Crippen LogP contribution in [0.2, 0.25) is 0 Å². The second-order valence-electron chi connectivity index (χ2n) is 5.69. The summed E-state index contributed by atoms with van der Waals surface area (Å²) in [5.41, 5.74) is 3.40. The maximum Gasteiger partial charge on any atom is 0.251 e. The Kier molecular flexibility index (Phi) is 9.90. The van der Waals surface area contributed by atoms with E-state index < -0.39 is 0 Å². The normalized spacial score (nSPS) is 10.3. The van der Waals surface area contributed by atoms with E-state index in [-0.39, 0.29) is 29.9 Å². The van der Waals surface area contributed by atoms with Crippen molar-refractivity contribution in [3.8, 4) is 6.07 Å². The van der Waals surface area contributed by atoms with E-state index in [0.29, 0.717) is 30.2 Å². The number of benzene rings is 2. The summed E-state index contributed by atoms with van der Waals surface area (Å²) in [6.07, 6.45) is 0.773. The van der Waals surface area contributed by atoms with E-state index in [9.17, 15) is 4.79 Å². The van der Waals surface area contributed by atoms with Crippen LogP contribution in [0.3, 0.4) is 0 Å². The molecule has 1 amide bonds. The van der Waals surface area contributed by atoms with E-state index in [1.54, 1.807) is 26.2 Å². The Labute approximate surface area is 177 Å². The Balaban J connectivity index is 0.00000364. The number of nitriles is 1. The highest BCUT2D eigenvalue weighted by atomic mass is 127. The first-order chi connectivity index (χ1) is 12.7. The fraction of sp³-hybridized carbons (Fsp3) is 0.250. The van der Waals surface area contributed by atoms with Gasteiger partial charge in [0.15, 0.2) is 5.96 Å². The van der Waals surface area contributed by atoms with Gasteiger partial charge in [0, 0.05) is 32.7 Å². The van der Waals surface area contributed by atoms with Gasteiger partial charge >= 0.3 is 0 Å². The molecule has 0 spiro atoms. The van der Waals surface area contributed by atoms with Crippen molar-refractivity contribution in [1.29, 1.82) is 5.26 Å². The number of carbonyl (C=O) groups is 1. The zero-order chi connectivity index (χ0) is 18.8. The van der Waals surface area contributed by atoms with Crippen LogP contribution in [0.25, 0.3) is 0 Å². The average molecular weight is 477 g/mol. The van der Waals surface area contributed by atoms with Crippen molar-refractivity contribution in [2.45, 2.75) is 13.0 Å². The van der Waals surface area contributed by atoms with Crippen LogP contribution in [0.1, 0.15) is 27.0 Å². The number of hydrogen-bond donors (Lipinski definition) is 3.